The van der Waals surface area contributed by atoms with Crippen LogP contribution >= 0.6 is 0 Å². The molecule has 104 valence electrons. The zero-order valence-electron chi connectivity index (χ0n) is 11.6. The summed E-state index contributed by atoms with van der Waals surface area (Å²) < 4.78 is 22.7. The van der Waals surface area contributed by atoms with Crippen LogP contribution in [-0.4, -0.2) is 31.4 Å². The highest BCUT2D eigenvalue weighted by molar-refractivity contribution is 5.25. The molecule has 2 saturated heterocycles. The Bertz CT molecular complexity index is 436. The minimum Gasteiger partial charge on any atom is -0.342 e. The molecule has 0 bridgehead atoms. The van der Waals surface area contributed by atoms with Gasteiger partial charge in [-0.15, -0.1) is 0 Å². The first-order valence-electron chi connectivity index (χ1n) is 6.57. The third kappa shape index (κ3) is 2.27. The van der Waals surface area contributed by atoms with Gasteiger partial charge in [0.05, 0.1) is 37.8 Å². The topological polar surface area (TPSA) is 49.8 Å². The zero-order valence-corrected chi connectivity index (χ0v) is 11.6. The van der Waals surface area contributed by atoms with Crippen molar-refractivity contribution in [2.24, 2.45) is 0 Å². The second-order valence-corrected chi connectivity index (χ2v) is 5.20. The van der Waals surface area contributed by atoms with Crippen molar-refractivity contribution in [3.8, 4) is 0 Å². The van der Waals surface area contributed by atoms with Crippen molar-refractivity contribution in [2.45, 2.75) is 32.3 Å². The smallest absolute Gasteiger partial charge is 0.209 e. The normalized spacial score (nSPS) is 24.8. The Hall–Kier alpha value is -1.01. The Kier molecular flexibility index (Phi) is 3.09. The van der Waals surface area contributed by atoms with Crippen LogP contribution in [0.5, 0.6) is 0 Å². The van der Waals surface area contributed by atoms with Crippen LogP contribution in [0.15, 0.2) is 12.1 Å². The van der Waals surface area contributed by atoms with Gasteiger partial charge in [0.1, 0.15) is 0 Å². The van der Waals surface area contributed by atoms with Crippen LogP contribution in [0, 0.1) is 6.92 Å². The predicted octanol–water partition coefficient (Wildman–Crippen LogP) is 1.83. The molecule has 0 unspecified atom stereocenters. The number of rotatable bonds is 2. The molecule has 0 atom stereocenters. The van der Waals surface area contributed by atoms with Gasteiger partial charge in [0.15, 0.2) is 0 Å². The maximum atomic E-state index is 5.67. The molecule has 19 heavy (non-hydrogen) atoms. The monoisotopic (exact) mass is 265 g/mol. The second-order valence-electron chi connectivity index (χ2n) is 5.20. The van der Waals surface area contributed by atoms with E-state index >= 15 is 0 Å². The number of hydrogen-bond acceptors (Lipinski definition) is 5. The van der Waals surface area contributed by atoms with Crippen molar-refractivity contribution in [1.82, 2.24) is 4.98 Å². The molecule has 3 heterocycles. The average Bonchev–Trinajstić information content (AvgIpc) is 2.99. The first kappa shape index (κ1) is 13.0. The molecule has 0 saturated carbocycles. The largest absolute Gasteiger partial charge is 0.342 e. The average molecular weight is 265 g/mol. The van der Waals surface area contributed by atoms with Gasteiger partial charge >= 0.3 is 0 Å². The molecule has 2 aliphatic heterocycles. The molecular formula is C14H19NO4. The van der Waals surface area contributed by atoms with E-state index < -0.39 is 11.6 Å². The number of nitrogens with zero attached hydrogens (tertiary/aromatic N) is 1. The summed E-state index contributed by atoms with van der Waals surface area (Å²) in [5.74, 6) is -1.54. The maximum Gasteiger partial charge on any atom is 0.209 e. The number of pyridine rings is 1. The van der Waals surface area contributed by atoms with Crippen molar-refractivity contribution >= 4 is 0 Å². The minimum absolute atomic E-state index is 0.589. The fourth-order valence-electron chi connectivity index (χ4n) is 2.46. The van der Waals surface area contributed by atoms with Gasteiger partial charge in [-0.1, -0.05) is 0 Å². The SMILES string of the molecule is Cc1cc(C2(C)OCCO2)nc(C2(C)OCCO2)c1. The van der Waals surface area contributed by atoms with Gasteiger partial charge in [0, 0.05) is 0 Å². The van der Waals surface area contributed by atoms with Crippen LogP contribution in [0.1, 0.15) is 30.8 Å². The van der Waals surface area contributed by atoms with E-state index in [-0.39, 0.29) is 0 Å². The lowest BCUT2D eigenvalue weighted by molar-refractivity contribution is -0.160. The van der Waals surface area contributed by atoms with Crippen LogP contribution in [0.4, 0.5) is 0 Å². The highest BCUT2D eigenvalue weighted by atomic mass is 16.7. The molecule has 3 rings (SSSR count). The van der Waals surface area contributed by atoms with E-state index in [0.29, 0.717) is 26.4 Å². The quantitative estimate of drug-likeness (QED) is 0.816. The van der Waals surface area contributed by atoms with Crippen molar-refractivity contribution in [1.29, 1.82) is 0 Å². The Morgan fingerprint density at radius 1 is 0.842 bits per heavy atom. The van der Waals surface area contributed by atoms with Crippen molar-refractivity contribution in [2.75, 3.05) is 26.4 Å². The lowest BCUT2D eigenvalue weighted by Gasteiger charge is -2.26. The van der Waals surface area contributed by atoms with Crippen LogP contribution in [-0.2, 0) is 30.5 Å². The van der Waals surface area contributed by atoms with E-state index in [1.165, 1.54) is 0 Å². The molecule has 0 aromatic carbocycles. The summed E-state index contributed by atoms with van der Waals surface area (Å²) in [5.41, 5.74) is 2.61. The number of aryl methyl sites for hydroxylation is 1. The number of aromatic nitrogens is 1. The van der Waals surface area contributed by atoms with E-state index in [1.807, 2.05) is 32.9 Å². The van der Waals surface area contributed by atoms with Gasteiger partial charge < -0.3 is 18.9 Å². The van der Waals surface area contributed by atoms with Gasteiger partial charge in [0.25, 0.3) is 0 Å². The predicted molar refractivity (Wildman–Crippen MR) is 67.5 cm³/mol. The summed E-state index contributed by atoms with van der Waals surface area (Å²) >= 11 is 0. The van der Waals surface area contributed by atoms with E-state index in [9.17, 15) is 0 Å². The maximum absolute atomic E-state index is 5.67. The summed E-state index contributed by atoms with van der Waals surface area (Å²) in [4.78, 5) is 4.64. The third-order valence-corrected chi connectivity index (χ3v) is 3.58. The van der Waals surface area contributed by atoms with Crippen LogP contribution in [0.3, 0.4) is 0 Å². The first-order valence-corrected chi connectivity index (χ1v) is 6.57. The molecule has 1 aromatic heterocycles. The highest BCUT2D eigenvalue weighted by Crippen LogP contribution is 2.34. The van der Waals surface area contributed by atoms with Crippen molar-refractivity contribution in [3.05, 3.63) is 29.1 Å². The minimum atomic E-state index is -0.768. The number of ether oxygens (including phenoxy) is 4. The van der Waals surface area contributed by atoms with Gasteiger partial charge in [0.2, 0.25) is 11.6 Å². The Balaban J connectivity index is 2.01. The summed E-state index contributed by atoms with van der Waals surface area (Å²) in [6.07, 6.45) is 0. The summed E-state index contributed by atoms with van der Waals surface area (Å²) in [6, 6.07) is 3.96. The molecule has 0 spiro atoms. The van der Waals surface area contributed by atoms with Crippen molar-refractivity contribution in [3.63, 3.8) is 0 Å². The van der Waals surface area contributed by atoms with E-state index in [0.717, 1.165) is 17.0 Å². The summed E-state index contributed by atoms with van der Waals surface area (Å²) in [5, 5.41) is 0. The van der Waals surface area contributed by atoms with Crippen LogP contribution in [0.25, 0.3) is 0 Å². The molecule has 2 fully saturated rings. The lowest BCUT2D eigenvalue weighted by atomic mass is 10.1. The van der Waals surface area contributed by atoms with E-state index in [2.05, 4.69) is 4.98 Å². The van der Waals surface area contributed by atoms with Gasteiger partial charge in [-0.05, 0) is 38.5 Å². The number of hydrogen-bond donors (Lipinski definition) is 0. The second kappa shape index (κ2) is 4.52. The molecule has 0 radical (unpaired) electrons. The fourth-order valence-corrected chi connectivity index (χ4v) is 2.46. The Morgan fingerprint density at radius 2 is 1.21 bits per heavy atom. The third-order valence-electron chi connectivity index (χ3n) is 3.58. The molecule has 5 heteroatoms. The van der Waals surface area contributed by atoms with Gasteiger partial charge in [-0.2, -0.15) is 0 Å². The first-order chi connectivity index (χ1) is 9.02. The van der Waals surface area contributed by atoms with E-state index in [4.69, 9.17) is 18.9 Å². The standard InChI is InChI=1S/C14H19NO4/c1-10-8-11(13(2)16-4-5-17-13)15-12(9-10)14(3)18-6-7-19-14/h8-9H,4-7H2,1-3H3. The molecular weight excluding hydrogens is 246 g/mol. The van der Waals surface area contributed by atoms with E-state index in [1.54, 1.807) is 0 Å². The van der Waals surface area contributed by atoms with Crippen LogP contribution < -0.4 is 0 Å². The van der Waals surface area contributed by atoms with Gasteiger partial charge in [-0.3, -0.25) is 0 Å². The fraction of sp³-hybridized carbons (Fsp3) is 0.643. The van der Waals surface area contributed by atoms with Crippen molar-refractivity contribution < 1.29 is 18.9 Å². The Morgan fingerprint density at radius 3 is 1.58 bits per heavy atom. The summed E-state index contributed by atoms with van der Waals surface area (Å²) in [7, 11) is 0. The molecule has 0 amide bonds. The van der Waals surface area contributed by atoms with Crippen LogP contribution in [0.2, 0.25) is 0 Å². The lowest BCUT2D eigenvalue weighted by Crippen LogP contribution is -2.29. The van der Waals surface area contributed by atoms with Gasteiger partial charge in [-0.25, -0.2) is 4.98 Å². The Labute approximate surface area is 112 Å². The molecule has 0 aliphatic carbocycles. The summed E-state index contributed by atoms with van der Waals surface area (Å²) in [6.45, 7) is 8.16. The zero-order chi connectivity index (χ0) is 13.5. The molecule has 0 N–H and O–H groups in total. The highest BCUT2D eigenvalue weighted by Gasteiger charge is 2.39. The molecule has 5 nitrogen and oxygen atoms in total. The molecule has 2 aliphatic rings. The molecule has 1 aromatic rings.